The van der Waals surface area contributed by atoms with E-state index in [4.69, 9.17) is 9.47 Å². The number of hydrogen-bond donors (Lipinski definition) is 2. The molecule has 0 aliphatic heterocycles. The lowest BCUT2D eigenvalue weighted by Crippen LogP contribution is -2.21. The molecule has 32 heavy (non-hydrogen) atoms. The molecule has 3 aromatic rings. The highest BCUT2D eigenvalue weighted by Crippen LogP contribution is 2.19. The molecule has 2 N–H and O–H groups in total. The standard InChI is InChI=1S/C27H32N2O3/c1-2-3-4-8-18-31-26-13-9-12-24(19-26)28-20-27(30)29-23-14-16-25(17-15-23)32-21-22-10-6-5-7-11-22/h5-7,9-17,19,28H,2-4,8,18,20-21H2,1H3,(H,29,30). The molecule has 0 spiro atoms. The molecular formula is C27H32N2O3. The predicted molar refractivity (Wildman–Crippen MR) is 130 cm³/mol. The molecule has 5 heteroatoms. The largest absolute Gasteiger partial charge is 0.494 e. The van der Waals surface area contributed by atoms with Crippen LogP contribution in [0.1, 0.15) is 38.2 Å². The van der Waals surface area contributed by atoms with Crippen molar-refractivity contribution in [3.63, 3.8) is 0 Å². The molecule has 0 aliphatic rings. The topological polar surface area (TPSA) is 59.6 Å². The van der Waals surface area contributed by atoms with Crippen molar-refractivity contribution in [2.24, 2.45) is 0 Å². The SMILES string of the molecule is CCCCCCOc1cccc(NCC(=O)Nc2ccc(OCc3ccccc3)cc2)c1. The zero-order chi connectivity index (χ0) is 22.4. The molecule has 3 rings (SSSR count). The number of rotatable bonds is 13. The second-order valence-corrected chi connectivity index (χ2v) is 7.64. The van der Waals surface area contributed by atoms with Crippen LogP contribution in [0, 0.1) is 0 Å². The first kappa shape index (κ1) is 23.2. The van der Waals surface area contributed by atoms with Crippen molar-refractivity contribution in [3.8, 4) is 11.5 Å². The zero-order valence-corrected chi connectivity index (χ0v) is 18.7. The lowest BCUT2D eigenvalue weighted by atomic mass is 10.2. The minimum absolute atomic E-state index is 0.117. The van der Waals surface area contributed by atoms with Crippen LogP contribution in [0.3, 0.4) is 0 Å². The molecule has 0 unspecified atom stereocenters. The number of unbranched alkanes of at least 4 members (excludes halogenated alkanes) is 3. The minimum atomic E-state index is -0.117. The maximum atomic E-state index is 12.3. The van der Waals surface area contributed by atoms with E-state index in [0.29, 0.717) is 6.61 Å². The highest BCUT2D eigenvalue weighted by atomic mass is 16.5. The molecule has 0 bridgehead atoms. The van der Waals surface area contributed by atoms with Gasteiger partial charge in [0.05, 0.1) is 13.2 Å². The molecular weight excluding hydrogens is 400 g/mol. The quantitative estimate of drug-likeness (QED) is 0.312. The van der Waals surface area contributed by atoms with Gasteiger partial charge in [-0.05, 0) is 48.4 Å². The van der Waals surface area contributed by atoms with Gasteiger partial charge in [0.1, 0.15) is 18.1 Å². The van der Waals surface area contributed by atoms with E-state index in [1.807, 2.05) is 78.9 Å². The van der Waals surface area contributed by atoms with Gasteiger partial charge in [0.25, 0.3) is 0 Å². The first-order valence-electron chi connectivity index (χ1n) is 11.3. The van der Waals surface area contributed by atoms with Crippen LogP contribution in [0.4, 0.5) is 11.4 Å². The summed E-state index contributed by atoms with van der Waals surface area (Å²) in [6.45, 7) is 3.60. The third-order valence-electron chi connectivity index (χ3n) is 4.94. The molecule has 0 atom stereocenters. The van der Waals surface area contributed by atoms with Gasteiger partial charge in [-0.1, -0.05) is 62.6 Å². The highest BCUT2D eigenvalue weighted by molar-refractivity contribution is 5.93. The van der Waals surface area contributed by atoms with Crippen LogP contribution in [0.5, 0.6) is 11.5 Å². The smallest absolute Gasteiger partial charge is 0.243 e. The maximum Gasteiger partial charge on any atom is 0.243 e. The van der Waals surface area contributed by atoms with Gasteiger partial charge in [-0.15, -0.1) is 0 Å². The van der Waals surface area contributed by atoms with E-state index in [1.165, 1.54) is 19.3 Å². The Hall–Kier alpha value is -3.47. The van der Waals surface area contributed by atoms with Crippen LogP contribution in [0.2, 0.25) is 0 Å². The van der Waals surface area contributed by atoms with Crippen molar-refractivity contribution < 1.29 is 14.3 Å². The van der Waals surface area contributed by atoms with Crippen molar-refractivity contribution in [1.82, 2.24) is 0 Å². The normalized spacial score (nSPS) is 10.4. The summed E-state index contributed by atoms with van der Waals surface area (Å²) in [6.07, 6.45) is 4.70. The molecule has 0 aromatic heterocycles. The number of carbonyl (C=O) groups is 1. The van der Waals surface area contributed by atoms with Gasteiger partial charge in [-0.3, -0.25) is 4.79 Å². The average Bonchev–Trinajstić information content (AvgIpc) is 2.83. The fraction of sp³-hybridized carbons (Fsp3) is 0.296. The van der Waals surface area contributed by atoms with Gasteiger partial charge in [0.2, 0.25) is 5.91 Å². The Morgan fingerprint density at radius 3 is 2.38 bits per heavy atom. The third kappa shape index (κ3) is 8.34. The number of nitrogens with one attached hydrogen (secondary N) is 2. The van der Waals surface area contributed by atoms with Crippen LogP contribution in [0.25, 0.3) is 0 Å². The Kier molecular flexibility index (Phi) is 9.46. The average molecular weight is 433 g/mol. The van der Waals surface area contributed by atoms with Gasteiger partial charge in [0.15, 0.2) is 0 Å². The van der Waals surface area contributed by atoms with E-state index in [0.717, 1.165) is 41.5 Å². The van der Waals surface area contributed by atoms with E-state index in [2.05, 4.69) is 17.6 Å². The summed E-state index contributed by atoms with van der Waals surface area (Å²) in [4.78, 5) is 12.3. The predicted octanol–water partition coefficient (Wildman–Crippen LogP) is 6.28. The molecule has 168 valence electrons. The molecule has 5 nitrogen and oxygen atoms in total. The first-order chi connectivity index (χ1) is 15.7. The molecule has 0 heterocycles. The molecule has 0 radical (unpaired) electrons. The van der Waals surface area contributed by atoms with Crippen LogP contribution >= 0.6 is 0 Å². The number of benzene rings is 3. The fourth-order valence-electron chi connectivity index (χ4n) is 3.18. The van der Waals surface area contributed by atoms with Gasteiger partial charge in [0, 0.05) is 17.4 Å². The van der Waals surface area contributed by atoms with E-state index < -0.39 is 0 Å². The van der Waals surface area contributed by atoms with Gasteiger partial charge >= 0.3 is 0 Å². The summed E-state index contributed by atoms with van der Waals surface area (Å²) < 4.78 is 11.6. The summed E-state index contributed by atoms with van der Waals surface area (Å²) in [5.41, 5.74) is 2.70. The van der Waals surface area contributed by atoms with Crippen LogP contribution in [0.15, 0.2) is 78.9 Å². The Balaban J connectivity index is 1.39. The van der Waals surface area contributed by atoms with Crippen LogP contribution in [-0.2, 0) is 11.4 Å². The summed E-state index contributed by atoms with van der Waals surface area (Å²) in [5.74, 6) is 1.46. The molecule has 0 aliphatic carbocycles. The van der Waals surface area contributed by atoms with E-state index in [1.54, 1.807) is 0 Å². The fourth-order valence-corrected chi connectivity index (χ4v) is 3.18. The summed E-state index contributed by atoms with van der Waals surface area (Å²) in [7, 11) is 0. The molecule has 0 saturated heterocycles. The number of amides is 1. The Labute approximate surface area is 190 Å². The van der Waals surface area contributed by atoms with Crippen molar-refractivity contribution in [3.05, 3.63) is 84.4 Å². The second kappa shape index (κ2) is 13.1. The lowest BCUT2D eigenvalue weighted by Gasteiger charge is -2.11. The molecule has 0 saturated carbocycles. The monoisotopic (exact) mass is 432 g/mol. The number of anilines is 2. The van der Waals surface area contributed by atoms with E-state index in [-0.39, 0.29) is 12.5 Å². The Morgan fingerprint density at radius 1 is 0.781 bits per heavy atom. The third-order valence-corrected chi connectivity index (χ3v) is 4.94. The number of ether oxygens (including phenoxy) is 2. The van der Waals surface area contributed by atoms with Crippen LogP contribution < -0.4 is 20.1 Å². The lowest BCUT2D eigenvalue weighted by molar-refractivity contribution is -0.114. The summed E-state index contributed by atoms with van der Waals surface area (Å²) >= 11 is 0. The van der Waals surface area contributed by atoms with Crippen molar-refractivity contribution >= 4 is 17.3 Å². The number of carbonyl (C=O) groups excluding carboxylic acids is 1. The first-order valence-corrected chi connectivity index (χ1v) is 11.3. The van der Waals surface area contributed by atoms with Crippen molar-refractivity contribution in [2.45, 2.75) is 39.2 Å². The molecule has 0 fully saturated rings. The molecule has 1 amide bonds. The van der Waals surface area contributed by atoms with Gasteiger partial charge in [-0.25, -0.2) is 0 Å². The van der Waals surface area contributed by atoms with Gasteiger partial charge in [-0.2, -0.15) is 0 Å². The van der Waals surface area contributed by atoms with Crippen molar-refractivity contribution in [2.75, 3.05) is 23.8 Å². The van der Waals surface area contributed by atoms with Gasteiger partial charge < -0.3 is 20.1 Å². The summed E-state index contributed by atoms with van der Waals surface area (Å²) in [6, 6.07) is 25.1. The number of hydrogen-bond acceptors (Lipinski definition) is 4. The zero-order valence-electron chi connectivity index (χ0n) is 18.7. The Morgan fingerprint density at radius 2 is 1.59 bits per heavy atom. The molecule has 3 aromatic carbocycles. The van der Waals surface area contributed by atoms with Crippen molar-refractivity contribution in [1.29, 1.82) is 0 Å². The van der Waals surface area contributed by atoms with Crippen LogP contribution in [-0.4, -0.2) is 19.1 Å². The second-order valence-electron chi connectivity index (χ2n) is 7.64. The minimum Gasteiger partial charge on any atom is -0.494 e. The maximum absolute atomic E-state index is 12.3. The highest BCUT2D eigenvalue weighted by Gasteiger charge is 2.04. The van der Waals surface area contributed by atoms with E-state index in [9.17, 15) is 4.79 Å². The Bertz CT molecular complexity index is 943. The summed E-state index contributed by atoms with van der Waals surface area (Å²) in [5, 5.41) is 6.04. The van der Waals surface area contributed by atoms with E-state index >= 15 is 0 Å².